The summed E-state index contributed by atoms with van der Waals surface area (Å²) in [5, 5.41) is 0. The van der Waals surface area contributed by atoms with Crippen molar-refractivity contribution in [3.8, 4) is 0 Å². The molecule has 67 valence electrons. The fourth-order valence-corrected chi connectivity index (χ4v) is 1.17. The van der Waals surface area contributed by atoms with Gasteiger partial charge < -0.3 is 0 Å². The quantitative estimate of drug-likeness (QED) is 0.504. The van der Waals surface area contributed by atoms with E-state index in [1.165, 1.54) is 32.1 Å². The highest BCUT2D eigenvalue weighted by atomic mass is 14.1. The SMILES string of the molecule is CCCCCCC(C)[C](C)C. The van der Waals surface area contributed by atoms with Gasteiger partial charge in [0.2, 0.25) is 0 Å². The highest BCUT2D eigenvalue weighted by Gasteiger charge is 2.05. The summed E-state index contributed by atoms with van der Waals surface area (Å²) in [7, 11) is 0. The van der Waals surface area contributed by atoms with Crippen molar-refractivity contribution in [3.05, 3.63) is 5.92 Å². The molecule has 0 heteroatoms. The van der Waals surface area contributed by atoms with E-state index in [4.69, 9.17) is 0 Å². The summed E-state index contributed by atoms with van der Waals surface area (Å²) in [6.45, 7) is 9.08. The molecular weight excluding hydrogens is 132 g/mol. The van der Waals surface area contributed by atoms with E-state index in [1.54, 1.807) is 5.92 Å². The van der Waals surface area contributed by atoms with E-state index >= 15 is 0 Å². The molecule has 0 rings (SSSR count). The van der Waals surface area contributed by atoms with Crippen LogP contribution in [0.25, 0.3) is 0 Å². The molecule has 0 saturated heterocycles. The molecule has 0 bridgehead atoms. The third-order valence-corrected chi connectivity index (χ3v) is 2.48. The fraction of sp³-hybridized carbons (Fsp3) is 0.909. The Labute approximate surface area is 72.4 Å². The first-order valence-electron chi connectivity index (χ1n) is 4.98. The second kappa shape index (κ2) is 6.69. The Bertz CT molecular complexity index is 74.1. The maximum Gasteiger partial charge on any atom is -0.0275 e. The summed E-state index contributed by atoms with van der Waals surface area (Å²) >= 11 is 0. The Balaban J connectivity index is 3.10. The van der Waals surface area contributed by atoms with Crippen molar-refractivity contribution in [1.29, 1.82) is 0 Å². The monoisotopic (exact) mass is 155 g/mol. The molecule has 1 atom stereocenters. The first kappa shape index (κ1) is 11.0. The van der Waals surface area contributed by atoms with Crippen LogP contribution < -0.4 is 0 Å². The molecule has 0 heterocycles. The zero-order chi connectivity index (χ0) is 8.69. The van der Waals surface area contributed by atoms with Crippen LogP contribution in [0.5, 0.6) is 0 Å². The predicted molar refractivity (Wildman–Crippen MR) is 52.5 cm³/mol. The predicted octanol–water partition coefficient (Wildman–Crippen LogP) is 4.21. The van der Waals surface area contributed by atoms with E-state index < -0.39 is 0 Å². The van der Waals surface area contributed by atoms with Crippen molar-refractivity contribution in [1.82, 2.24) is 0 Å². The molecule has 0 amide bonds. The largest absolute Gasteiger partial charge is 0.0654 e. The van der Waals surface area contributed by atoms with Gasteiger partial charge in [-0.2, -0.15) is 0 Å². The van der Waals surface area contributed by atoms with Gasteiger partial charge in [-0.3, -0.25) is 0 Å². The lowest BCUT2D eigenvalue weighted by atomic mass is 9.92. The number of rotatable bonds is 6. The summed E-state index contributed by atoms with van der Waals surface area (Å²) < 4.78 is 0. The summed E-state index contributed by atoms with van der Waals surface area (Å²) in [4.78, 5) is 0. The van der Waals surface area contributed by atoms with Crippen LogP contribution in [0, 0.1) is 11.8 Å². The summed E-state index contributed by atoms with van der Waals surface area (Å²) in [5.74, 6) is 2.42. The molecule has 0 aromatic rings. The number of hydrogen-bond acceptors (Lipinski definition) is 0. The molecule has 0 spiro atoms. The summed E-state index contributed by atoms with van der Waals surface area (Å²) in [6, 6.07) is 0. The topological polar surface area (TPSA) is 0 Å². The van der Waals surface area contributed by atoms with Gasteiger partial charge in [0.05, 0.1) is 0 Å². The molecule has 0 saturated carbocycles. The van der Waals surface area contributed by atoms with E-state index in [1.807, 2.05) is 0 Å². The maximum absolute atomic E-state index is 2.33. The average molecular weight is 155 g/mol. The van der Waals surface area contributed by atoms with Crippen LogP contribution in [0.2, 0.25) is 0 Å². The number of hydrogen-bond donors (Lipinski definition) is 0. The molecule has 0 N–H and O–H groups in total. The molecule has 0 aliphatic heterocycles. The van der Waals surface area contributed by atoms with E-state index in [9.17, 15) is 0 Å². The molecule has 11 heavy (non-hydrogen) atoms. The van der Waals surface area contributed by atoms with Gasteiger partial charge >= 0.3 is 0 Å². The molecule has 0 aromatic carbocycles. The van der Waals surface area contributed by atoms with Gasteiger partial charge in [-0.1, -0.05) is 59.8 Å². The minimum atomic E-state index is 0.840. The van der Waals surface area contributed by atoms with Crippen LogP contribution in [0.15, 0.2) is 0 Å². The Morgan fingerprint density at radius 3 is 2.18 bits per heavy atom. The third kappa shape index (κ3) is 6.40. The van der Waals surface area contributed by atoms with Crippen LogP contribution in [0.4, 0.5) is 0 Å². The van der Waals surface area contributed by atoms with Gasteiger partial charge in [0.1, 0.15) is 0 Å². The minimum Gasteiger partial charge on any atom is -0.0654 e. The van der Waals surface area contributed by atoms with Gasteiger partial charge in [-0.05, 0) is 11.8 Å². The van der Waals surface area contributed by atoms with Gasteiger partial charge in [0.15, 0.2) is 0 Å². The lowest BCUT2D eigenvalue weighted by Crippen LogP contribution is -2.00. The normalized spacial score (nSPS) is 13.9. The Hall–Kier alpha value is 0. The van der Waals surface area contributed by atoms with Crippen LogP contribution in [0.1, 0.15) is 59.8 Å². The van der Waals surface area contributed by atoms with E-state index in [0.29, 0.717) is 0 Å². The van der Waals surface area contributed by atoms with Crippen molar-refractivity contribution in [3.63, 3.8) is 0 Å². The van der Waals surface area contributed by atoms with Gasteiger partial charge in [-0.25, -0.2) is 0 Å². The Morgan fingerprint density at radius 1 is 1.09 bits per heavy atom. The van der Waals surface area contributed by atoms with Crippen molar-refractivity contribution in [2.45, 2.75) is 59.8 Å². The molecule has 0 aliphatic rings. The smallest absolute Gasteiger partial charge is 0.0275 e. The molecule has 0 nitrogen and oxygen atoms in total. The molecule has 0 aromatic heterocycles. The van der Waals surface area contributed by atoms with Crippen LogP contribution in [0.3, 0.4) is 0 Å². The summed E-state index contributed by atoms with van der Waals surface area (Å²) in [6.07, 6.45) is 7.00. The molecule has 1 unspecified atom stereocenters. The molecule has 0 aliphatic carbocycles. The van der Waals surface area contributed by atoms with Crippen molar-refractivity contribution < 1.29 is 0 Å². The second-order valence-electron chi connectivity index (χ2n) is 3.83. The lowest BCUT2D eigenvalue weighted by Gasteiger charge is -2.13. The maximum atomic E-state index is 2.33. The highest BCUT2D eigenvalue weighted by Crippen LogP contribution is 2.19. The molecule has 0 fully saturated rings. The molecular formula is C11H23. The zero-order valence-electron chi connectivity index (χ0n) is 8.61. The fourth-order valence-electron chi connectivity index (χ4n) is 1.17. The average Bonchev–Trinajstić information content (AvgIpc) is 1.97. The zero-order valence-corrected chi connectivity index (χ0v) is 8.61. The standard InChI is InChI=1S/C11H23/c1-5-6-7-8-9-11(4)10(2)3/h11H,5-9H2,1-4H3. The van der Waals surface area contributed by atoms with Crippen LogP contribution in [-0.2, 0) is 0 Å². The minimum absolute atomic E-state index is 0.840. The van der Waals surface area contributed by atoms with Gasteiger partial charge in [0, 0.05) is 0 Å². The van der Waals surface area contributed by atoms with Crippen LogP contribution in [-0.4, -0.2) is 0 Å². The first-order chi connectivity index (χ1) is 5.18. The number of unbranched alkanes of at least 4 members (excludes halogenated alkanes) is 3. The lowest BCUT2D eigenvalue weighted by molar-refractivity contribution is 0.504. The summed E-state index contributed by atoms with van der Waals surface area (Å²) in [5.41, 5.74) is 0. The van der Waals surface area contributed by atoms with E-state index in [0.717, 1.165) is 5.92 Å². The van der Waals surface area contributed by atoms with Crippen LogP contribution >= 0.6 is 0 Å². The van der Waals surface area contributed by atoms with E-state index in [2.05, 4.69) is 27.7 Å². The second-order valence-corrected chi connectivity index (χ2v) is 3.83. The third-order valence-electron chi connectivity index (χ3n) is 2.48. The Morgan fingerprint density at radius 2 is 1.73 bits per heavy atom. The Kier molecular flexibility index (Phi) is 6.69. The molecule has 1 radical (unpaired) electrons. The highest BCUT2D eigenvalue weighted by molar-refractivity contribution is 4.83. The van der Waals surface area contributed by atoms with Crippen molar-refractivity contribution in [2.75, 3.05) is 0 Å². The van der Waals surface area contributed by atoms with Gasteiger partial charge in [0.25, 0.3) is 0 Å². The van der Waals surface area contributed by atoms with Gasteiger partial charge in [-0.15, -0.1) is 0 Å². The van der Waals surface area contributed by atoms with E-state index in [-0.39, 0.29) is 0 Å². The van der Waals surface area contributed by atoms with Crippen molar-refractivity contribution in [2.24, 2.45) is 5.92 Å². The first-order valence-corrected chi connectivity index (χ1v) is 4.98. The van der Waals surface area contributed by atoms with Crippen molar-refractivity contribution >= 4 is 0 Å².